The number of hydrogen-bond acceptors (Lipinski definition) is 5. The lowest BCUT2D eigenvalue weighted by atomic mass is 10.3. The van der Waals surface area contributed by atoms with E-state index in [9.17, 15) is 14.4 Å². The Kier molecular flexibility index (Phi) is 9.31. The van der Waals surface area contributed by atoms with Gasteiger partial charge in [-0.05, 0) is 7.05 Å². The topological polar surface area (TPSA) is 78.5 Å². The van der Waals surface area contributed by atoms with Gasteiger partial charge in [0.1, 0.15) is 0 Å². The first-order valence-electron chi connectivity index (χ1n) is 5.89. The molecule has 0 atom stereocenters. The van der Waals surface area contributed by atoms with Gasteiger partial charge in [0, 0.05) is 38.7 Å². The van der Waals surface area contributed by atoms with Gasteiger partial charge in [0.25, 0.3) is 5.24 Å². The molecule has 0 aromatic heterocycles. The Morgan fingerprint density at radius 2 is 1.89 bits per heavy atom. The molecule has 18 heavy (non-hydrogen) atoms. The molecule has 0 saturated heterocycles. The lowest BCUT2D eigenvalue weighted by Gasteiger charge is -2.19. The highest BCUT2D eigenvalue weighted by atomic mass is 32.2. The van der Waals surface area contributed by atoms with E-state index in [1.807, 2.05) is 0 Å². The molecular weight excluding hydrogens is 254 g/mol. The van der Waals surface area contributed by atoms with Crippen molar-refractivity contribution in [2.24, 2.45) is 0 Å². The van der Waals surface area contributed by atoms with Gasteiger partial charge < -0.3 is 10.6 Å². The number of nitrogens with one attached hydrogen (secondary N) is 2. The van der Waals surface area contributed by atoms with E-state index < -0.39 is 0 Å². The molecule has 0 aliphatic heterocycles. The van der Waals surface area contributed by atoms with Crippen molar-refractivity contribution >= 4 is 28.8 Å². The second-order valence-electron chi connectivity index (χ2n) is 3.54. The van der Waals surface area contributed by atoms with Gasteiger partial charge in [-0.3, -0.25) is 19.3 Å². The fourth-order valence-corrected chi connectivity index (χ4v) is 2.00. The molecule has 0 aliphatic carbocycles. The van der Waals surface area contributed by atoms with Crippen LogP contribution in [-0.4, -0.2) is 54.9 Å². The van der Waals surface area contributed by atoms with Gasteiger partial charge in [0.2, 0.25) is 11.8 Å². The summed E-state index contributed by atoms with van der Waals surface area (Å²) in [6, 6.07) is 0. The Bertz CT molecular complexity index is 297. The maximum Gasteiger partial charge on any atom is 0.288 e. The van der Waals surface area contributed by atoms with Crippen molar-refractivity contribution < 1.29 is 14.4 Å². The van der Waals surface area contributed by atoms with Gasteiger partial charge in [0.15, 0.2) is 0 Å². The van der Waals surface area contributed by atoms with Crippen molar-refractivity contribution in [1.82, 2.24) is 15.5 Å². The van der Waals surface area contributed by atoms with Crippen molar-refractivity contribution in [1.29, 1.82) is 0 Å². The van der Waals surface area contributed by atoms with Crippen LogP contribution in [0.5, 0.6) is 0 Å². The molecule has 2 N–H and O–H groups in total. The highest BCUT2D eigenvalue weighted by molar-refractivity contribution is 8.13. The lowest BCUT2D eigenvalue weighted by molar-refractivity contribution is -0.128. The van der Waals surface area contributed by atoms with Gasteiger partial charge in [-0.2, -0.15) is 0 Å². The zero-order valence-corrected chi connectivity index (χ0v) is 11.9. The minimum atomic E-state index is -0.291. The lowest BCUT2D eigenvalue weighted by Crippen LogP contribution is -2.37. The highest BCUT2D eigenvalue weighted by Crippen LogP contribution is 2.10. The fraction of sp³-hybridized carbons (Fsp3) is 0.727. The van der Waals surface area contributed by atoms with E-state index >= 15 is 0 Å². The molecule has 7 heteroatoms. The van der Waals surface area contributed by atoms with E-state index in [4.69, 9.17) is 0 Å². The summed E-state index contributed by atoms with van der Waals surface area (Å²) in [5, 5.41) is 5.10. The Balaban J connectivity index is 4.33. The Morgan fingerprint density at radius 3 is 2.39 bits per heavy atom. The molecule has 0 unspecified atom stereocenters. The van der Waals surface area contributed by atoms with Crippen LogP contribution in [0.1, 0.15) is 19.8 Å². The number of carbonyl (C=O) groups is 3. The average Bonchev–Trinajstić information content (AvgIpc) is 2.38. The minimum absolute atomic E-state index is 0.137. The van der Waals surface area contributed by atoms with Gasteiger partial charge >= 0.3 is 0 Å². The number of rotatable bonds is 7. The number of nitrogens with zero attached hydrogens (tertiary/aromatic N) is 1. The molecule has 6 nitrogen and oxygen atoms in total. The van der Waals surface area contributed by atoms with Crippen LogP contribution in [0.25, 0.3) is 0 Å². The quantitative estimate of drug-likeness (QED) is 0.659. The molecule has 0 aromatic rings. The summed E-state index contributed by atoms with van der Waals surface area (Å²) >= 11 is 1.08. The Hall–Kier alpha value is -1.08. The van der Waals surface area contributed by atoms with Crippen LogP contribution in [-0.2, 0) is 9.59 Å². The smallest absolute Gasteiger partial charge is 0.288 e. The van der Waals surface area contributed by atoms with E-state index in [-0.39, 0.29) is 36.4 Å². The van der Waals surface area contributed by atoms with E-state index in [1.54, 1.807) is 14.0 Å². The van der Waals surface area contributed by atoms with E-state index in [0.717, 1.165) is 16.7 Å². The van der Waals surface area contributed by atoms with Crippen LogP contribution < -0.4 is 10.6 Å². The second kappa shape index (κ2) is 9.90. The molecule has 0 rings (SSSR count). The fourth-order valence-electron chi connectivity index (χ4n) is 1.17. The van der Waals surface area contributed by atoms with Gasteiger partial charge in [0.05, 0.1) is 0 Å². The third-order valence-corrected chi connectivity index (χ3v) is 3.12. The SMILES string of the molecule is CCC(=O)N(CCC(=O)NC)C(=O)SCCNC. The molecule has 0 saturated carbocycles. The predicted octanol–water partition coefficient (Wildman–Crippen LogP) is 0.434. The normalized spacial score (nSPS) is 9.94. The van der Waals surface area contributed by atoms with Crippen molar-refractivity contribution in [3.8, 4) is 0 Å². The van der Waals surface area contributed by atoms with Crippen molar-refractivity contribution in [3.05, 3.63) is 0 Å². The zero-order chi connectivity index (χ0) is 14.0. The molecule has 0 spiro atoms. The Morgan fingerprint density at radius 1 is 1.22 bits per heavy atom. The first-order valence-corrected chi connectivity index (χ1v) is 6.87. The molecule has 3 amide bonds. The van der Waals surface area contributed by atoms with Gasteiger partial charge in [-0.1, -0.05) is 18.7 Å². The maximum atomic E-state index is 11.8. The summed E-state index contributed by atoms with van der Waals surface area (Å²) in [5.74, 6) is 0.167. The summed E-state index contributed by atoms with van der Waals surface area (Å²) < 4.78 is 0. The van der Waals surface area contributed by atoms with Gasteiger partial charge in [-0.25, -0.2) is 0 Å². The summed E-state index contributed by atoms with van der Waals surface area (Å²) in [6.45, 7) is 2.53. The third kappa shape index (κ3) is 6.61. The molecule has 0 fully saturated rings. The number of thioether (sulfide) groups is 1. The molecular formula is C11H21N3O3S. The summed E-state index contributed by atoms with van der Waals surface area (Å²) in [5.41, 5.74) is 0. The summed E-state index contributed by atoms with van der Waals surface area (Å²) in [4.78, 5) is 35.7. The average molecular weight is 275 g/mol. The third-order valence-electron chi connectivity index (χ3n) is 2.24. The van der Waals surface area contributed by atoms with Crippen LogP contribution in [0.3, 0.4) is 0 Å². The number of imide groups is 1. The molecule has 0 bridgehead atoms. The summed E-state index contributed by atoms with van der Waals surface area (Å²) in [6.07, 6.45) is 0.395. The first kappa shape index (κ1) is 16.9. The van der Waals surface area contributed by atoms with Crippen LogP contribution in [0, 0.1) is 0 Å². The van der Waals surface area contributed by atoms with Crippen LogP contribution in [0.4, 0.5) is 4.79 Å². The molecule has 0 aromatic carbocycles. The molecule has 104 valence electrons. The second-order valence-corrected chi connectivity index (χ2v) is 4.59. The maximum absolute atomic E-state index is 11.8. The van der Waals surface area contributed by atoms with Crippen molar-refractivity contribution in [2.45, 2.75) is 19.8 Å². The molecule has 0 aliphatic rings. The predicted molar refractivity (Wildman–Crippen MR) is 72.5 cm³/mol. The van der Waals surface area contributed by atoms with Crippen LogP contribution >= 0.6 is 11.8 Å². The number of carbonyl (C=O) groups excluding carboxylic acids is 3. The summed E-state index contributed by atoms with van der Waals surface area (Å²) in [7, 11) is 3.32. The van der Waals surface area contributed by atoms with E-state index in [1.165, 1.54) is 7.05 Å². The Labute approximate surface area is 112 Å². The standard InChI is InChI=1S/C11H21N3O3S/c1-4-10(16)14(7-5-9(15)13-3)11(17)18-8-6-12-2/h12H,4-8H2,1-3H3,(H,13,15). The van der Waals surface area contributed by atoms with Crippen LogP contribution in [0.15, 0.2) is 0 Å². The largest absolute Gasteiger partial charge is 0.359 e. The highest BCUT2D eigenvalue weighted by Gasteiger charge is 2.20. The molecule has 0 heterocycles. The number of hydrogen-bond donors (Lipinski definition) is 2. The zero-order valence-electron chi connectivity index (χ0n) is 11.1. The van der Waals surface area contributed by atoms with E-state index in [0.29, 0.717) is 12.3 Å². The minimum Gasteiger partial charge on any atom is -0.359 e. The van der Waals surface area contributed by atoms with Crippen molar-refractivity contribution in [2.75, 3.05) is 32.9 Å². The first-order chi connectivity index (χ1) is 8.56. The van der Waals surface area contributed by atoms with Crippen LogP contribution in [0.2, 0.25) is 0 Å². The van der Waals surface area contributed by atoms with Crippen molar-refractivity contribution in [3.63, 3.8) is 0 Å². The monoisotopic (exact) mass is 275 g/mol. The number of amides is 3. The molecule has 0 radical (unpaired) electrons. The van der Waals surface area contributed by atoms with Gasteiger partial charge in [-0.15, -0.1) is 0 Å². The van der Waals surface area contributed by atoms with E-state index in [2.05, 4.69) is 10.6 Å².